The van der Waals surface area contributed by atoms with E-state index in [0.29, 0.717) is 5.56 Å². The van der Waals surface area contributed by atoms with Gasteiger partial charge in [0, 0.05) is 23.2 Å². The third-order valence-corrected chi connectivity index (χ3v) is 3.36. The summed E-state index contributed by atoms with van der Waals surface area (Å²) < 4.78 is 0. The van der Waals surface area contributed by atoms with Crippen molar-refractivity contribution in [3.8, 4) is 29.0 Å². The SMILES string of the molecule is CCCCC#Cc1ccc(-c2cc(C)[nH]c(=O)c2C#N)cc1. The number of nitrogens with zero attached hydrogens (tertiary/aromatic N) is 1. The number of aromatic amines is 1. The molecule has 0 fully saturated rings. The zero-order valence-corrected chi connectivity index (χ0v) is 12.9. The van der Waals surface area contributed by atoms with E-state index in [1.807, 2.05) is 36.4 Å². The van der Waals surface area contributed by atoms with Crippen LogP contribution in [-0.2, 0) is 0 Å². The molecule has 22 heavy (non-hydrogen) atoms. The molecule has 1 N–H and O–H groups in total. The molecule has 3 heteroatoms. The van der Waals surface area contributed by atoms with Gasteiger partial charge in [-0.25, -0.2) is 0 Å². The molecule has 0 bridgehead atoms. The number of hydrogen-bond acceptors (Lipinski definition) is 2. The molecule has 0 atom stereocenters. The highest BCUT2D eigenvalue weighted by molar-refractivity contribution is 5.70. The molecular formula is C19H18N2O. The Labute approximate surface area is 130 Å². The Bertz CT molecular complexity index is 812. The average molecular weight is 290 g/mol. The third-order valence-electron chi connectivity index (χ3n) is 3.36. The second-order valence-corrected chi connectivity index (χ2v) is 5.16. The Hall–Kier alpha value is -2.78. The summed E-state index contributed by atoms with van der Waals surface area (Å²) in [6.07, 6.45) is 3.17. The number of H-pyrrole nitrogens is 1. The van der Waals surface area contributed by atoms with Gasteiger partial charge in [0.1, 0.15) is 11.6 Å². The molecule has 1 aromatic heterocycles. The van der Waals surface area contributed by atoms with E-state index in [9.17, 15) is 10.1 Å². The lowest BCUT2D eigenvalue weighted by Crippen LogP contribution is -2.12. The minimum atomic E-state index is -0.346. The lowest BCUT2D eigenvalue weighted by atomic mass is 10.00. The maximum absolute atomic E-state index is 11.8. The van der Waals surface area contributed by atoms with Gasteiger partial charge in [0.15, 0.2) is 0 Å². The van der Waals surface area contributed by atoms with Crippen LogP contribution in [0.2, 0.25) is 0 Å². The summed E-state index contributed by atoms with van der Waals surface area (Å²) in [6, 6.07) is 11.5. The minimum absolute atomic E-state index is 0.146. The van der Waals surface area contributed by atoms with E-state index in [2.05, 4.69) is 23.7 Å². The van der Waals surface area contributed by atoms with E-state index in [1.54, 1.807) is 6.92 Å². The summed E-state index contributed by atoms with van der Waals surface area (Å²) in [5.41, 5.74) is 3.00. The molecule has 1 aromatic carbocycles. The van der Waals surface area contributed by atoms with Gasteiger partial charge in [-0.05, 0) is 37.1 Å². The van der Waals surface area contributed by atoms with Crippen molar-refractivity contribution < 1.29 is 0 Å². The van der Waals surface area contributed by atoms with Crippen LogP contribution in [0.5, 0.6) is 0 Å². The minimum Gasteiger partial charge on any atom is -0.325 e. The first-order valence-electron chi connectivity index (χ1n) is 7.39. The summed E-state index contributed by atoms with van der Waals surface area (Å²) in [4.78, 5) is 14.5. The first-order chi connectivity index (χ1) is 10.7. The van der Waals surface area contributed by atoms with E-state index >= 15 is 0 Å². The van der Waals surface area contributed by atoms with Gasteiger partial charge in [-0.3, -0.25) is 4.79 Å². The third kappa shape index (κ3) is 3.65. The highest BCUT2D eigenvalue weighted by Gasteiger charge is 2.09. The van der Waals surface area contributed by atoms with Crippen LogP contribution in [0.15, 0.2) is 35.1 Å². The normalized spacial score (nSPS) is 9.68. The second kappa shape index (κ2) is 7.29. The number of hydrogen-bond donors (Lipinski definition) is 1. The molecule has 3 nitrogen and oxygen atoms in total. The first-order valence-corrected chi connectivity index (χ1v) is 7.39. The monoisotopic (exact) mass is 290 g/mol. The van der Waals surface area contributed by atoms with Crippen molar-refractivity contribution >= 4 is 0 Å². The molecule has 110 valence electrons. The molecule has 0 spiro atoms. The van der Waals surface area contributed by atoms with Crippen molar-refractivity contribution in [1.29, 1.82) is 5.26 Å². The number of aromatic nitrogens is 1. The van der Waals surface area contributed by atoms with E-state index in [4.69, 9.17) is 0 Å². The number of aryl methyl sites for hydroxylation is 1. The largest absolute Gasteiger partial charge is 0.325 e. The first kappa shape index (κ1) is 15.6. The molecule has 0 aliphatic rings. The van der Waals surface area contributed by atoms with Gasteiger partial charge in [0.25, 0.3) is 5.56 Å². The van der Waals surface area contributed by atoms with E-state index in [-0.39, 0.29) is 11.1 Å². The summed E-state index contributed by atoms with van der Waals surface area (Å²) >= 11 is 0. The Morgan fingerprint density at radius 3 is 2.59 bits per heavy atom. The number of pyridine rings is 1. The van der Waals surface area contributed by atoms with Crippen molar-refractivity contribution in [3.63, 3.8) is 0 Å². The molecule has 0 aliphatic heterocycles. The molecule has 2 aromatic rings. The maximum atomic E-state index is 11.8. The molecule has 0 amide bonds. The lowest BCUT2D eigenvalue weighted by Gasteiger charge is -2.05. The van der Waals surface area contributed by atoms with Gasteiger partial charge >= 0.3 is 0 Å². The molecule has 0 saturated carbocycles. The Kier molecular flexibility index (Phi) is 5.17. The number of nitriles is 1. The Balaban J connectivity index is 2.33. The number of benzene rings is 1. The van der Waals surface area contributed by atoms with E-state index < -0.39 is 0 Å². The van der Waals surface area contributed by atoms with Crippen LogP contribution in [0.4, 0.5) is 0 Å². The van der Waals surface area contributed by atoms with Gasteiger partial charge in [-0.2, -0.15) is 5.26 Å². The van der Waals surface area contributed by atoms with Gasteiger partial charge < -0.3 is 4.98 Å². The van der Waals surface area contributed by atoms with Crippen LogP contribution in [0.1, 0.15) is 43.0 Å². The van der Waals surface area contributed by atoms with Crippen LogP contribution in [0.25, 0.3) is 11.1 Å². The standard InChI is InChI=1S/C19H18N2O/c1-3-4-5-6-7-15-8-10-16(11-9-15)17-12-14(2)21-19(22)18(17)13-20/h8-12H,3-5H2,1-2H3,(H,21,22). The fourth-order valence-corrected chi connectivity index (χ4v) is 2.19. The van der Waals surface area contributed by atoms with Crippen LogP contribution in [0.3, 0.4) is 0 Å². The molecule has 2 rings (SSSR count). The van der Waals surface area contributed by atoms with Crippen LogP contribution < -0.4 is 5.56 Å². The Morgan fingerprint density at radius 2 is 1.95 bits per heavy atom. The topological polar surface area (TPSA) is 56.6 Å². The van der Waals surface area contributed by atoms with Crippen molar-refractivity contribution in [2.45, 2.75) is 33.1 Å². The summed E-state index contributed by atoms with van der Waals surface area (Å²) in [7, 11) is 0. The van der Waals surface area contributed by atoms with Crippen LogP contribution in [-0.4, -0.2) is 4.98 Å². The average Bonchev–Trinajstić information content (AvgIpc) is 2.51. The molecular weight excluding hydrogens is 272 g/mol. The molecule has 0 radical (unpaired) electrons. The van der Waals surface area contributed by atoms with Gasteiger partial charge in [-0.15, -0.1) is 0 Å². The fraction of sp³-hybridized carbons (Fsp3) is 0.263. The van der Waals surface area contributed by atoms with E-state index in [1.165, 1.54) is 0 Å². The fourth-order valence-electron chi connectivity index (χ4n) is 2.19. The predicted octanol–water partition coefficient (Wildman–Crippen LogP) is 3.76. The smallest absolute Gasteiger partial charge is 0.266 e. The summed E-state index contributed by atoms with van der Waals surface area (Å²) in [6.45, 7) is 3.95. The lowest BCUT2D eigenvalue weighted by molar-refractivity contribution is 0.828. The van der Waals surface area contributed by atoms with Crippen molar-refractivity contribution in [3.05, 3.63) is 57.5 Å². The quantitative estimate of drug-likeness (QED) is 0.691. The van der Waals surface area contributed by atoms with Crippen LogP contribution >= 0.6 is 0 Å². The molecule has 0 unspecified atom stereocenters. The van der Waals surface area contributed by atoms with Crippen LogP contribution in [0, 0.1) is 30.1 Å². The van der Waals surface area contributed by atoms with Crippen molar-refractivity contribution in [1.82, 2.24) is 4.98 Å². The summed E-state index contributed by atoms with van der Waals surface area (Å²) in [5.74, 6) is 6.27. The number of unbranched alkanes of at least 4 members (excludes halogenated alkanes) is 2. The highest BCUT2D eigenvalue weighted by Crippen LogP contribution is 2.22. The molecule has 0 saturated heterocycles. The molecule has 0 aliphatic carbocycles. The highest BCUT2D eigenvalue weighted by atomic mass is 16.1. The predicted molar refractivity (Wildman–Crippen MR) is 88.4 cm³/mol. The van der Waals surface area contributed by atoms with Gasteiger partial charge in [0.2, 0.25) is 0 Å². The van der Waals surface area contributed by atoms with Gasteiger partial charge in [0.05, 0.1) is 0 Å². The number of nitrogens with one attached hydrogen (secondary N) is 1. The van der Waals surface area contributed by atoms with E-state index in [0.717, 1.165) is 36.1 Å². The van der Waals surface area contributed by atoms with Gasteiger partial charge in [-0.1, -0.05) is 37.3 Å². The second-order valence-electron chi connectivity index (χ2n) is 5.16. The zero-order chi connectivity index (χ0) is 15.9. The number of rotatable bonds is 3. The Morgan fingerprint density at radius 1 is 1.23 bits per heavy atom. The summed E-state index contributed by atoms with van der Waals surface area (Å²) in [5, 5.41) is 9.18. The zero-order valence-electron chi connectivity index (χ0n) is 12.9. The maximum Gasteiger partial charge on any atom is 0.266 e. The molecule has 1 heterocycles. The van der Waals surface area contributed by atoms with Crippen molar-refractivity contribution in [2.24, 2.45) is 0 Å². The van der Waals surface area contributed by atoms with Crippen molar-refractivity contribution in [2.75, 3.05) is 0 Å².